The van der Waals surface area contributed by atoms with E-state index >= 15 is 0 Å². The Kier molecular flexibility index (Phi) is 3.68. The number of aromatic nitrogens is 2. The molecule has 3 rings (SSSR count). The average molecular weight is 283 g/mol. The van der Waals surface area contributed by atoms with Crippen molar-refractivity contribution in [2.75, 3.05) is 10.6 Å². The zero-order valence-electron chi connectivity index (χ0n) is 11.5. The fourth-order valence-electron chi connectivity index (χ4n) is 2.11. The molecular weight excluding hydrogens is 266 g/mol. The molecule has 1 aromatic carbocycles. The number of hydrogen-bond donors (Lipinski definition) is 3. The molecule has 1 fully saturated rings. The second-order valence-corrected chi connectivity index (χ2v) is 5.10. The van der Waals surface area contributed by atoms with Crippen molar-refractivity contribution in [1.29, 1.82) is 0 Å². The Hall–Kier alpha value is -2.63. The predicted molar refractivity (Wildman–Crippen MR) is 81.5 cm³/mol. The molecule has 0 aliphatic heterocycles. The minimum absolute atomic E-state index is 0.440. The van der Waals surface area contributed by atoms with Crippen LogP contribution in [-0.2, 0) is 0 Å². The Morgan fingerprint density at radius 3 is 2.57 bits per heavy atom. The number of primary amides is 1. The summed E-state index contributed by atoms with van der Waals surface area (Å²) in [6.45, 7) is 0. The van der Waals surface area contributed by atoms with Crippen LogP contribution >= 0.6 is 0 Å². The fourth-order valence-corrected chi connectivity index (χ4v) is 2.11. The summed E-state index contributed by atoms with van der Waals surface area (Å²) in [7, 11) is 0. The van der Waals surface area contributed by atoms with Crippen molar-refractivity contribution in [3.05, 3.63) is 42.1 Å². The molecule has 6 heteroatoms. The maximum Gasteiger partial charge on any atom is 0.248 e. The summed E-state index contributed by atoms with van der Waals surface area (Å²) in [6.07, 6.45) is 5.39. The van der Waals surface area contributed by atoms with Gasteiger partial charge >= 0.3 is 0 Å². The molecule has 1 heterocycles. The number of carbonyl (C=O) groups excluding carboxylic acids is 1. The first-order chi connectivity index (χ1) is 10.2. The Morgan fingerprint density at radius 1 is 1.19 bits per heavy atom. The Morgan fingerprint density at radius 2 is 1.95 bits per heavy atom. The zero-order chi connectivity index (χ0) is 14.7. The lowest BCUT2D eigenvalue weighted by Gasteiger charge is -2.26. The SMILES string of the molecule is NC(=O)c1ccc(Nc2nccc(NC3CCC3)n2)cc1. The van der Waals surface area contributed by atoms with Gasteiger partial charge in [-0.2, -0.15) is 4.98 Å². The zero-order valence-corrected chi connectivity index (χ0v) is 11.5. The second kappa shape index (κ2) is 5.78. The first kappa shape index (κ1) is 13.4. The summed E-state index contributed by atoms with van der Waals surface area (Å²) < 4.78 is 0. The molecule has 6 nitrogen and oxygen atoms in total. The monoisotopic (exact) mass is 283 g/mol. The highest BCUT2D eigenvalue weighted by molar-refractivity contribution is 5.93. The minimum Gasteiger partial charge on any atom is -0.367 e. The number of nitrogens with zero attached hydrogens (tertiary/aromatic N) is 2. The van der Waals surface area contributed by atoms with Gasteiger partial charge in [0.05, 0.1) is 0 Å². The van der Waals surface area contributed by atoms with Gasteiger partial charge in [-0.15, -0.1) is 0 Å². The van der Waals surface area contributed by atoms with Gasteiger partial charge in [0.1, 0.15) is 5.82 Å². The lowest BCUT2D eigenvalue weighted by atomic mass is 9.93. The number of anilines is 3. The molecule has 108 valence electrons. The summed E-state index contributed by atoms with van der Waals surface area (Å²) in [5.74, 6) is 0.904. The number of carbonyl (C=O) groups is 1. The van der Waals surface area contributed by atoms with E-state index in [1.54, 1.807) is 30.5 Å². The number of amides is 1. The highest BCUT2D eigenvalue weighted by Gasteiger charge is 2.17. The van der Waals surface area contributed by atoms with E-state index in [9.17, 15) is 4.79 Å². The van der Waals surface area contributed by atoms with Gasteiger partial charge < -0.3 is 16.4 Å². The third kappa shape index (κ3) is 3.28. The summed E-state index contributed by atoms with van der Waals surface area (Å²) in [4.78, 5) is 19.6. The van der Waals surface area contributed by atoms with Crippen LogP contribution in [0.15, 0.2) is 36.5 Å². The van der Waals surface area contributed by atoms with Gasteiger partial charge in [-0.1, -0.05) is 0 Å². The van der Waals surface area contributed by atoms with E-state index in [0.717, 1.165) is 11.5 Å². The van der Waals surface area contributed by atoms with Crippen molar-refractivity contribution >= 4 is 23.4 Å². The van der Waals surface area contributed by atoms with Gasteiger partial charge in [-0.05, 0) is 49.6 Å². The Bertz CT molecular complexity index is 637. The molecule has 2 aromatic rings. The van der Waals surface area contributed by atoms with E-state index < -0.39 is 5.91 Å². The first-order valence-corrected chi connectivity index (χ1v) is 6.97. The Balaban J connectivity index is 1.68. The van der Waals surface area contributed by atoms with Gasteiger partial charge in [0.15, 0.2) is 0 Å². The summed E-state index contributed by atoms with van der Waals surface area (Å²) in [6, 6.07) is 9.27. The van der Waals surface area contributed by atoms with E-state index in [0.29, 0.717) is 17.6 Å². The van der Waals surface area contributed by atoms with Gasteiger partial charge in [0.2, 0.25) is 11.9 Å². The highest BCUT2D eigenvalue weighted by atomic mass is 16.1. The van der Waals surface area contributed by atoms with Crippen molar-refractivity contribution < 1.29 is 4.79 Å². The smallest absolute Gasteiger partial charge is 0.248 e. The summed E-state index contributed by atoms with van der Waals surface area (Å²) in [5, 5.41) is 6.48. The number of nitrogens with two attached hydrogens (primary N) is 1. The summed E-state index contributed by atoms with van der Waals surface area (Å²) >= 11 is 0. The van der Waals surface area contributed by atoms with Crippen LogP contribution in [0.3, 0.4) is 0 Å². The average Bonchev–Trinajstić information content (AvgIpc) is 2.44. The molecular formula is C15H17N5O. The third-order valence-corrected chi connectivity index (χ3v) is 3.54. The number of nitrogens with one attached hydrogen (secondary N) is 2. The van der Waals surface area contributed by atoms with Crippen LogP contribution in [0.2, 0.25) is 0 Å². The van der Waals surface area contributed by atoms with E-state index in [2.05, 4.69) is 20.6 Å². The molecule has 0 atom stereocenters. The normalized spacial score (nSPS) is 14.3. The van der Waals surface area contributed by atoms with Crippen molar-refractivity contribution in [2.45, 2.75) is 25.3 Å². The predicted octanol–water partition coefficient (Wildman–Crippen LogP) is 2.28. The minimum atomic E-state index is -0.440. The lowest BCUT2D eigenvalue weighted by Crippen LogP contribution is -2.27. The molecule has 0 unspecified atom stereocenters. The summed E-state index contributed by atoms with van der Waals surface area (Å²) in [5.41, 5.74) is 6.49. The molecule has 0 spiro atoms. The van der Waals surface area contributed by atoms with Crippen LogP contribution in [0.4, 0.5) is 17.5 Å². The second-order valence-electron chi connectivity index (χ2n) is 5.10. The number of benzene rings is 1. The largest absolute Gasteiger partial charge is 0.367 e. The van der Waals surface area contributed by atoms with Gasteiger partial charge in [0, 0.05) is 23.5 Å². The van der Waals surface area contributed by atoms with Crippen LogP contribution in [0, 0.1) is 0 Å². The third-order valence-electron chi connectivity index (χ3n) is 3.54. The molecule has 21 heavy (non-hydrogen) atoms. The fraction of sp³-hybridized carbons (Fsp3) is 0.267. The lowest BCUT2D eigenvalue weighted by molar-refractivity contribution is 0.100. The van der Waals surface area contributed by atoms with Crippen molar-refractivity contribution in [2.24, 2.45) is 5.73 Å². The molecule has 0 saturated heterocycles. The van der Waals surface area contributed by atoms with Crippen molar-refractivity contribution in [3.63, 3.8) is 0 Å². The van der Waals surface area contributed by atoms with Crippen LogP contribution in [0.5, 0.6) is 0 Å². The topological polar surface area (TPSA) is 92.9 Å². The maximum absolute atomic E-state index is 11.0. The highest BCUT2D eigenvalue weighted by Crippen LogP contribution is 2.23. The molecule has 0 bridgehead atoms. The van der Waals surface area contributed by atoms with E-state index in [4.69, 9.17) is 5.73 Å². The molecule has 1 aliphatic rings. The van der Waals surface area contributed by atoms with Crippen LogP contribution in [0.25, 0.3) is 0 Å². The standard InChI is InChI=1S/C15H17N5O/c16-14(21)10-4-6-12(7-5-10)19-15-17-9-8-13(20-15)18-11-2-1-3-11/h4-9,11H,1-3H2,(H2,16,21)(H2,17,18,19,20). The number of hydrogen-bond acceptors (Lipinski definition) is 5. The van der Waals surface area contributed by atoms with Gasteiger partial charge in [0.25, 0.3) is 0 Å². The van der Waals surface area contributed by atoms with Crippen molar-refractivity contribution in [3.8, 4) is 0 Å². The molecule has 4 N–H and O–H groups in total. The maximum atomic E-state index is 11.0. The first-order valence-electron chi connectivity index (χ1n) is 6.97. The van der Waals surface area contributed by atoms with Gasteiger partial charge in [-0.3, -0.25) is 4.79 Å². The quantitative estimate of drug-likeness (QED) is 0.782. The van der Waals surface area contributed by atoms with E-state index in [-0.39, 0.29) is 0 Å². The van der Waals surface area contributed by atoms with Crippen LogP contribution in [0.1, 0.15) is 29.6 Å². The van der Waals surface area contributed by atoms with Crippen molar-refractivity contribution in [1.82, 2.24) is 9.97 Å². The molecule has 1 amide bonds. The number of rotatable bonds is 5. The van der Waals surface area contributed by atoms with E-state index in [1.807, 2.05) is 6.07 Å². The van der Waals surface area contributed by atoms with Crippen LogP contribution in [-0.4, -0.2) is 21.9 Å². The van der Waals surface area contributed by atoms with E-state index in [1.165, 1.54) is 19.3 Å². The molecule has 0 radical (unpaired) electrons. The molecule has 1 saturated carbocycles. The molecule has 1 aliphatic carbocycles. The van der Waals surface area contributed by atoms with Gasteiger partial charge in [-0.25, -0.2) is 4.98 Å². The molecule has 1 aromatic heterocycles. The Labute approximate surface area is 122 Å². The van der Waals surface area contributed by atoms with Crippen LogP contribution < -0.4 is 16.4 Å².